The first kappa shape index (κ1) is 16.9. The van der Waals surface area contributed by atoms with Crippen LogP contribution >= 0.6 is 0 Å². The molecular weight excluding hydrogens is 320 g/mol. The molecule has 0 saturated carbocycles. The molecule has 1 amide bonds. The molecule has 1 aliphatic heterocycles. The number of ether oxygens (including phenoxy) is 1. The Labute approximate surface area is 146 Å². The molecule has 1 aromatic carbocycles. The number of benzene rings is 1. The number of carbonyl (C=O) groups is 2. The largest absolute Gasteiger partial charge is 0.462 e. The highest BCUT2D eigenvalue weighted by molar-refractivity contribution is 6.03. The predicted molar refractivity (Wildman–Crippen MR) is 93.8 cm³/mol. The standard InChI is InChI=1S/C18H20N4O3/c1-2-25-17(24)13-5-7-14(8-6-13)20-16(23)15-9-10-19-18(21-15)22-11-3-4-12-22/h5-10H,2-4,11-12H2,1H3,(H,20,23). The number of nitrogens with one attached hydrogen (secondary N) is 1. The Morgan fingerprint density at radius 1 is 1.16 bits per heavy atom. The number of hydrogen-bond donors (Lipinski definition) is 1. The van der Waals surface area contributed by atoms with Crippen molar-refractivity contribution in [1.82, 2.24) is 9.97 Å². The number of rotatable bonds is 5. The fourth-order valence-electron chi connectivity index (χ4n) is 2.64. The molecule has 0 radical (unpaired) electrons. The Hall–Kier alpha value is -2.96. The molecular formula is C18H20N4O3. The maximum atomic E-state index is 12.4. The summed E-state index contributed by atoms with van der Waals surface area (Å²) in [7, 11) is 0. The van der Waals surface area contributed by atoms with Crippen molar-refractivity contribution in [3.05, 3.63) is 47.8 Å². The van der Waals surface area contributed by atoms with Gasteiger partial charge >= 0.3 is 5.97 Å². The molecule has 1 N–H and O–H groups in total. The number of hydrogen-bond acceptors (Lipinski definition) is 6. The zero-order valence-electron chi connectivity index (χ0n) is 14.1. The lowest BCUT2D eigenvalue weighted by molar-refractivity contribution is 0.0526. The van der Waals surface area contributed by atoms with Crippen LogP contribution in [0.15, 0.2) is 36.5 Å². The summed E-state index contributed by atoms with van der Waals surface area (Å²) in [5.41, 5.74) is 1.34. The van der Waals surface area contributed by atoms with Gasteiger partial charge in [0.1, 0.15) is 5.69 Å². The van der Waals surface area contributed by atoms with Crippen LogP contribution in [0.5, 0.6) is 0 Å². The molecule has 1 aliphatic rings. The van der Waals surface area contributed by atoms with Gasteiger partial charge in [-0.2, -0.15) is 0 Å². The summed E-state index contributed by atoms with van der Waals surface area (Å²) in [5, 5.41) is 2.77. The van der Waals surface area contributed by atoms with E-state index in [-0.39, 0.29) is 11.9 Å². The zero-order chi connectivity index (χ0) is 17.6. The minimum absolute atomic E-state index is 0.311. The van der Waals surface area contributed by atoms with Crippen LogP contribution in [0.3, 0.4) is 0 Å². The molecule has 7 nitrogen and oxygen atoms in total. The van der Waals surface area contributed by atoms with Crippen molar-refractivity contribution in [1.29, 1.82) is 0 Å². The SMILES string of the molecule is CCOC(=O)c1ccc(NC(=O)c2ccnc(N3CCCC3)n2)cc1. The molecule has 0 unspecified atom stereocenters. The van der Waals surface area contributed by atoms with E-state index in [0.29, 0.717) is 29.5 Å². The summed E-state index contributed by atoms with van der Waals surface area (Å²) in [6.45, 7) is 3.91. The Kier molecular flexibility index (Phi) is 5.23. The second kappa shape index (κ2) is 7.74. The summed E-state index contributed by atoms with van der Waals surface area (Å²) in [6, 6.07) is 8.13. The van der Waals surface area contributed by atoms with E-state index in [0.717, 1.165) is 25.9 Å². The van der Waals surface area contributed by atoms with Crippen molar-refractivity contribution in [3.63, 3.8) is 0 Å². The fourth-order valence-corrected chi connectivity index (χ4v) is 2.64. The van der Waals surface area contributed by atoms with Gasteiger partial charge in [0.25, 0.3) is 5.91 Å². The van der Waals surface area contributed by atoms with Crippen molar-refractivity contribution < 1.29 is 14.3 Å². The summed E-state index contributed by atoms with van der Waals surface area (Å²) in [6.07, 6.45) is 3.83. The van der Waals surface area contributed by atoms with E-state index >= 15 is 0 Å². The minimum atomic E-state index is -0.383. The van der Waals surface area contributed by atoms with Crippen molar-refractivity contribution in [3.8, 4) is 0 Å². The Morgan fingerprint density at radius 3 is 2.56 bits per heavy atom. The molecule has 1 fully saturated rings. The van der Waals surface area contributed by atoms with Crippen LogP contribution in [0.1, 0.15) is 40.6 Å². The Bertz CT molecular complexity index is 755. The van der Waals surface area contributed by atoms with Gasteiger partial charge in [-0.1, -0.05) is 0 Å². The molecule has 3 rings (SSSR count). The summed E-state index contributed by atoms with van der Waals surface area (Å²) < 4.78 is 4.93. The molecule has 0 bridgehead atoms. The first-order valence-electron chi connectivity index (χ1n) is 8.34. The second-order valence-corrected chi connectivity index (χ2v) is 5.69. The van der Waals surface area contributed by atoms with Crippen LogP contribution in [0.2, 0.25) is 0 Å². The number of esters is 1. The van der Waals surface area contributed by atoms with Crippen molar-refractivity contribution >= 4 is 23.5 Å². The smallest absolute Gasteiger partial charge is 0.338 e. The first-order chi connectivity index (χ1) is 12.2. The highest BCUT2D eigenvalue weighted by Gasteiger charge is 2.17. The molecule has 130 valence electrons. The lowest BCUT2D eigenvalue weighted by Gasteiger charge is -2.15. The summed E-state index contributed by atoms with van der Waals surface area (Å²) >= 11 is 0. The number of nitrogens with zero attached hydrogens (tertiary/aromatic N) is 3. The van der Waals surface area contributed by atoms with Crippen LogP contribution in [0.25, 0.3) is 0 Å². The van der Waals surface area contributed by atoms with Crippen LogP contribution < -0.4 is 10.2 Å². The number of anilines is 2. The predicted octanol–water partition coefficient (Wildman–Crippen LogP) is 2.51. The zero-order valence-corrected chi connectivity index (χ0v) is 14.1. The van der Waals surface area contributed by atoms with Crippen LogP contribution in [-0.4, -0.2) is 41.5 Å². The average Bonchev–Trinajstić information content (AvgIpc) is 3.17. The van der Waals surface area contributed by atoms with Crippen molar-refractivity contribution in [2.45, 2.75) is 19.8 Å². The lowest BCUT2D eigenvalue weighted by atomic mass is 10.2. The normalized spacial score (nSPS) is 13.6. The second-order valence-electron chi connectivity index (χ2n) is 5.69. The molecule has 25 heavy (non-hydrogen) atoms. The minimum Gasteiger partial charge on any atom is -0.462 e. The number of amides is 1. The molecule has 1 aromatic heterocycles. The van der Waals surface area contributed by atoms with Gasteiger partial charge in [0, 0.05) is 25.0 Å². The quantitative estimate of drug-likeness (QED) is 0.842. The molecule has 2 heterocycles. The number of aromatic nitrogens is 2. The van der Waals surface area contributed by atoms with E-state index in [4.69, 9.17) is 4.74 Å². The summed E-state index contributed by atoms with van der Waals surface area (Å²) in [5.74, 6) is -0.110. The maximum Gasteiger partial charge on any atom is 0.338 e. The van der Waals surface area contributed by atoms with Gasteiger partial charge < -0.3 is 15.0 Å². The van der Waals surface area contributed by atoms with Gasteiger partial charge in [0.2, 0.25) is 5.95 Å². The monoisotopic (exact) mass is 340 g/mol. The molecule has 0 aliphatic carbocycles. The third kappa shape index (κ3) is 4.12. The van der Waals surface area contributed by atoms with E-state index in [2.05, 4.69) is 20.2 Å². The molecule has 7 heteroatoms. The van der Waals surface area contributed by atoms with E-state index < -0.39 is 0 Å². The van der Waals surface area contributed by atoms with Crippen molar-refractivity contribution in [2.24, 2.45) is 0 Å². The van der Waals surface area contributed by atoms with E-state index in [1.165, 1.54) is 0 Å². The molecule has 0 atom stereocenters. The van der Waals surface area contributed by atoms with Gasteiger partial charge in [-0.25, -0.2) is 14.8 Å². The number of carbonyl (C=O) groups excluding carboxylic acids is 2. The van der Waals surface area contributed by atoms with Gasteiger partial charge in [0.05, 0.1) is 12.2 Å². The Morgan fingerprint density at radius 2 is 1.88 bits per heavy atom. The molecule has 1 saturated heterocycles. The van der Waals surface area contributed by atoms with Crippen LogP contribution in [0.4, 0.5) is 11.6 Å². The fraction of sp³-hybridized carbons (Fsp3) is 0.333. The third-order valence-corrected chi connectivity index (χ3v) is 3.92. The highest BCUT2D eigenvalue weighted by Crippen LogP contribution is 2.16. The van der Waals surface area contributed by atoms with Gasteiger partial charge in [0.15, 0.2) is 0 Å². The molecule has 0 spiro atoms. The van der Waals surface area contributed by atoms with Crippen LogP contribution in [0, 0.1) is 0 Å². The lowest BCUT2D eigenvalue weighted by Crippen LogP contribution is -2.22. The molecule has 2 aromatic rings. The maximum absolute atomic E-state index is 12.4. The van der Waals surface area contributed by atoms with Crippen molar-refractivity contribution in [2.75, 3.05) is 29.9 Å². The Balaban J connectivity index is 1.67. The van der Waals surface area contributed by atoms with Gasteiger partial charge in [-0.15, -0.1) is 0 Å². The van der Waals surface area contributed by atoms with Gasteiger partial charge in [-0.3, -0.25) is 4.79 Å². The van der Waals surface area contributed by atoms with E-state index in [1.807, 2.05) is 0 Å². The first-order valence-corrected chi connectivity index (χ1v) is 8.34. The van der Waals surface area contributed by atoms with E-state index in [9.17, 15) is 9.59 Å². The topological polar surface area (TPSA) is 84.4 Å². The average molecular weight is 340 g/mol. The van der Waals surface area contributed by atoms with E-state index in [1.54, 1.807) is 43.5 Å². The van der Waals surface area contributed by atoms with Crippen LogP contribution in [-0.2, 0) is 4.74 Å². The third-order valence-electron chi connectivity index (χ3n) is 3.92. The summed E-state index contributed by atoms with van der Waals surface area (Å²) in [4.78, 5) is 34.7. The highest BCUT2D eigenvalue weighted by atomic mass is 16.5. The van der Waals surface area contributed by atoms with Gasteiger partial charge in [-0.05, 0) is 50.1 Å².